The average Bonchev–Trinajstić information content (AvgIpc) is 3.11. The van der Waals surface area contributed by atoms with E-state index < -0.39 is 0 Å². The zero-order valence-corrected chi connectivity index (χ0v) is 15.4. The van der Waals surface area contributed by atoms with Crippen LogP contribution in [-0.4, -0.2) is 36.3 Å². The molecule has 138 valence electrons. The second kappa shape index (κ2) is 6.52. The fraction of sp³-hybridized carbons (Fsp3) is 0.391. The van der Waals surface area contributed by atoms with Gasteiger partial charge in [-0.2, -0.15) is 0 Å². The molecule has 1 N–H and O–H groups in total. The predicted octanol–water partition coefficient (Wildman–Crippen LogP) is 3.02. The lowest BCUT2D eigenvalue weighted by Crippen LogP contribution is -2.43. The molecule has 1 heterocycles. The first kappa shape index (κ1) is 16.5. The van der Waals surface area contributed by atoms with Gasteiger partial charge in [-0.1, -0.05) is 48.5 Å². The van der Waals surface area contributed by atoms with Crippen LogP contribution in [0.4, 0.5) is 0 Å². The molecule has 6 rings (SSSR count). The van der Waals surface area contributed by atoms with Crippen molar-refractivity contribution in [2.24, 2.45) is 5.92 Å². The fourth-order valence-corrected chi connectivity index (χ4v) is 5.31. The fourth-order valence-electron chi connectivity index (χ4n) is 5.31. The summed E-state index contributed by atoms with van der Waals surface area (Å²) in [7, 11) is 0. The number of benzene rings is 2. The second-order valence-corrected chi connectivity index (χ2v) is 8.01. The Labute approximate surface area is 159 Å². The SMILES string of the molecule is O=C(CN1CCCC1=O)NC[C@@H]1CC2c3ccccc3C1c1ccccc12. The molecule has 1 atom stereocenters. The minimum absolute atomic E-state index is 0.0340. The molecule has 4 heteroatoms. The number of fused-ring (bicyclic) bond motifs is 1. The Morgan fingerprint density at radius 1 is 1.00 bits per heavy atom. The van der Waals surface area contributed by atoms with Crippen LogP contribution in [0.3, 0.4) is 0 Å². The molecule has 4 nitrogen and oxygen atoms in total. The van der Waals surface area contributed by atoms with Crippen LogP contribution in [0.15, 0.2) is 48.5 Å². The molecule has 0 spiro atoms. The summed E-state index contributed by atoms with van der Waals surface area (Å²) >= 11 is 0. The maximum atomic E-state index is 12.4. The van der Waals surface area contributed by atoms with E-state index in [0.717, 1.165) is 12.8 Å². The molecule has 1 aliphatic heterocycles. The molecule has 2 amide bonds. The number of nitrogens with zero attached hydrogens (tertiary/aromatic N) is 1. The van der Waals surface area contributed by atoms with Gasteiger partial charge in [0.15, 0.2) is 0 Å². The van der Waals surface area contributed by atoms with Gasteiger partial charge < -0.3 is 10.2 Å². The van der Waals surface area contributed by atoms with E-state index in [0.29, 0.717) is 37.3 Å². The van der Waals surface area contributed by atoms with Crippen LogP contribution in [0.2, 0.25) is 0 Å². The van der Waals surface area contributed by atoms with E-state index >= 15 is 0 Å². The molecular weight excluding hydrogens is 336 g/mol. The van der Waals surface area contributed by atoms with Crippen molar-refractivity contribution in [3.05, 3.63) is 70.8 Å². The molecule has 3 aliphatic carbocycles. The number of rotatable bonds is 4. The zero-order chi connectivity index (χ0) is 18.4. The molecule has 1 saturated heterocycles. The Bertz CT molecular complexity index is 859. The monoisotopic (exact) mass is 360 g/mol. The van der Waals surface area contributed by atoms with Crippen molar-refractivity contribution in [1.82, 2.24) is 10.2 Å². The summed E-state index contributed by atoms with van der Waals surface area (Å²) in [5, 5.41) is 3.11. The third kappa shape index (κ3) is 2.75. The average molecular weight is 360 g/mol. The highest BCUT2D eigenvalue weighted by Gasteiger charge is 2.42. The molecule has 2 aromatic carbocycles. The molecule has 2 aromatic rings. The molecular formula is C23H24N2O2. The molecule has 0 unspecified atom stereocenters. The van der Waals surface area contributed by atoms with E-state index in [1.54, 1.807) is 4.90 Å². The maximum Gasteiger partial charge on any atom is 0.239 e. The number of hydrogen-bond donors (Lipinski definition) is 1. The number of carbonyl (C=O) groups is 2. The Kier molecular flexibility index (Phi) is 4.00. The smallest absolute Gasteiger partial charge is 0.239 e. The summed E-state index contributed by atoms with van der Waals surface area (Å²) in [5.74, 6) is 1.23. The molecule has 1 fully saturated rings. The van der Waals surface area contributed by atoms with E-state index in [4.69, 9.17) is 0 Å². The lowest BCUT2D eigenvalue weighted by molar-refractivity contribution is -0.133. The Morgan fingerprint density at radius 3 is 2.22 bits per heavy atom. The summed E-state index contributed by atoms with van der Waals surface area (Å²) in [5.41, 5.74) is 5.74. The van der Waals surface area contributed by atoms with Gasteiger partial charge in [0.2, 0.25) is 11.8 Å². The Balaban J connectivity index is 1.35. The lowest BCUT2D eigenvalue weighted by atomic mass is 9.59. The first-order chi connectivity index (χ1) is 13.2. The summed E-state index contributed by atoms with van der Waals surface area (Å²) in [4.78, 5) is 25.8. The van der Waals surface area contributed by atoms with Crippen LogP contribution < -0.4 is 5.32 Å². The van der Waals surface area contributed by atoms with Crippen LogP contribution in [0.1, 0.15) is 53.4 Å². The number of carbonyl (C=O) groups excluding carboxylic acids is 2. The highest BCUT2D eigenvalue weighted by molar-refractivity contribution is 5.85. The largest absolute Gasteiger partial charge is 0.354 e. The normalized spacial score (nSPS) is 25.3. The summed E-state index contributed by atoms with van der Waals surface area (Å²) in [6.07, 6.45) is 2.51. The zero-order valence-electron chi connectivity index (χ0n) is 15.4. The van der Waals surface area contributed by atoms with Gasteiger partial charge in [-0.25, -0.2) is 0 Å². The first-order valence-electron chi connectivity index (χ1n) is 9.94. The highest BCUT2D eigenvalue weighted by Crippen LogP contribution is 2.55. The Morgan fingerprint density at radius 2 is 1.63 bits per heavy atom. The molecule has 2 bridgehead atoms. The minimum Gasteiger partial charge on any atom is -0.354 e. The number of amides is 2. The molecule has 27 heavy (non-hydrogen) atoms. The van der Waals surface area contributed by atoms with E-state index in [1.807, 2.05) is 0 Å². The van der Waals surface area contributed by atoms with E-state index in [2.05, 4.69) is 53.8 Å². The van der Waals surface area contributed by atoms with Crippen molar-refractivity contribution in [2.75, 3.05) is 19.6 Å². The standard InChI is InChI=1S/C23H24N2O2/c26-21(14-25-11-5-10-22(25)27)24-13-15-12-20-16-6-1-3-8-18(16)23(15)19-9-4-2-7-17(19)20/h1-4,6-9,15,20,23H,5,10-14H2,(H,24,26)/t15-,20?,23?/m0/s1. The molecule has 0 aromatic heterocycles. The van der Waals surface area contributed by atoms with Crippen molar-refractivity contribution < 1.29 is 9.59 Å². The van der Waals surface area contributed by atoms with Gasteiger partial charge in [0.1, 0.15) is 0 Å². The predicted molar refractivity (Wildman–Crippen MR) is 104 cm³/mol. The third-order valence-electron chi connectivity index (χ3n) is 6.49. The van der Waals surface area contributed by atoms with Crippen LogP contribution in [-0.2, 0) is 9.59 Å². The van der Waals surface area contributed by atoms with Gasteiger partial charge in [-0.3, -0.25) is 9.59 Å². The van der Waals surface area contributed by atoms with Crippen molar-refractivity contribution in [3.8, 4) is 0 Å². The quantitative estimate of drug-likeness (QED) is 0.911. The number of nitrogens with one attached hydrogen (secondary N) is 1. The lowest BCUT2D eigenvalue weighted by Gasteiger charge is -2.45. The minimum atomic E-state index is -0.0340. The third-order valence-corrected chi connectivity index (χ3v) is 6.49. The van der Waals surface area contributed by atoms with Gasteiger partial charge in [-0.05, 0) is 41.0 Å². The van der Waals surface area contributed by atoms with Crippen molar-refractivity contribution in [1.29, 1.82) is 0 Å². The molecule has 4 aliphatic rings. The summed E-state index contributed by atoms with van der Waals surface area (Å²) in [6.45, 7) is 1.58. The van der Waals surface area contributed by atoms with Crippen molar-refractivity contribution in [3.63, 3.8) is 0 Å². The molecule has 0 saturated carbocycles. The van der Waals surface area contributed by atoms with E-state index in [-0.39, 0.29) is 18.4 Å². The molecule has 0 radical (unpaired) electrons. The second-order valence-electron chi connectivity index (χ2n) is 8.01. The van der Waals surface area contributed by atoms with Crippen LogP contribution in [0, 0.1) is 5.92 Å². The summed E-state index contributed by atoms with van der Waals surface area (Å²) < 4.78 is 0. The number of likely N-dealkylation sites (tertiary alicyclic amines) is 1. The van der Waals surface area contributed by atoms with Gasteiger partial charge in [-0.15, -0.1) is 0 Å². The van der Waals surface area contributed by atoms with Crippen LogP contribution >= 0.6 is 0 Å². The van der Waals surface area contributed by atoms with E-state index in [9.17, 15) is 9.59 Å². The Hall–Kier alpha value is -2.62. The van der Waals surface area contributed by atoms with Gasteiger partial charge in [0.05, 0.1) is 6.54 Å². The van der Waals surface area contributed by atoms with Crippen molar-refractivity contribution in [2.45, 2.75) is 31.1 Å². The first-order valence-corrected chi connectivity index (χ1v) is 9.94. The van der Waals surface area contributed by atoms with Gasteiger partial charge in [0.25, 0.3) is 0 Å². The topological polar surface area (TPSA) is 49.4 Å². The maximum absolute atomic E-state index is 12.4. The summed E-state index contributed by atoms with van der Waals surface area (Å²) in [6, 6.07) is 17.5. The van der Waals surface area contributed by atoms with Crippen LogP contribution in [0.5, 0.6) is 0 Å². The van der Waals surface area contributed by atoms with Gasteiger partial charge in [0, 0.05) is 31.3 Å². The van der Waals surface area contributed by atoms with Crippen molar-refractivity contribution >= 4 is 11.8 Å². The highest BCUT2D eigenvalue weighted by atomic mass is 16.2. The van der Waals surface area contributed by atoms with Gasteiger partial charge >= 0.3 is 0 Å². The number of hydrogen-bond acceptors (Lipinski definition) is 2. The van der Waals surface area contributed by atoms with Crippen LogP contribution in [0.25, 0.3) is 0 Å². The van der Waals surface area contributed by atoms with E-state index in [1.165, 1.54) is 22.3 Å².